The summed E-state index contributed by atoms with van der Waals surface area (Å²) in [6, 6.07) is 0. The predicted molar refractivity (Wildman–Crippen MR) is 50.8 cm³/mol. The van der Waals surface area contributed by atoms with Crippen molar-refractivity contribution in [3.63, 3.8) is 0 Å². The van der Waals surface area contributed by atoms with Gasteiger partial charge in [-0.15, -0.1) is 0 Å². The second-order valence-corrected chi connectivity index (χ2v) is 4.88. The number of ether oxygens (including phenoxy) is 1. The highest BCUT2D eigenvalue weighted by molar-refractivity contribution is 5.59. The zero-order valence-electron chi connectivity index (χ0n) is 9.21. The Morgan fingerprint density at radius 2 is 1.64 bits per heavy atom. The number of rotatable bonds is 0. The van der Waals surface area contributed by atoms with Gasteiger partial charge in [-0.25, -0.2) is 0 Å². The van der Waals surface area contributed by atoms with Crippen molar-refractivity contribution in [3.8, 4) is 0 Å². The molecular weight excluding hydrogens is 182 g/mol. The summed E-state index contributed by atoms with van der Waals surface area (Å²) in [6.45, 7) is 6.08. The molecule has 0 aromatic heterocycles. The third kappa shape index (κ3) is 2.96. The second kappa shape index (κ2) is 3.87. The fraction of sp³-hybridized carbons (Fsp3) is 0.900. The van der Waals surface area contributed by atoms with Crippen LogP contribution < -0.4 is 0 Å². The molecule has 4 nitrogen and oxygen atoms in total. The van der Waals surface area contributed by atoms with Gasteiger partial charge in [0.05, 0.1) is 0 Å². The average molecular weight is 201 g/mol. The molecular formula is C10H19NO3+. The quantitative estimate of drug-likeness (QED) is 0.564. The predicted octanol–water partition coefficient (Wildman–Crippen LogP) is 2.27. The topological polar surface area (TPSA) is 46.2 Å². The van der Waals surface area contributed by atoms with Gasteiger partial charge in [0.1, 0.15) is 18.7 Å². The minimum absolute atomic E-state index is 0.370. The summed E-state index contributed by atoms with van der Waals surface area (Å²) in [5, 5.41) is 12.0. The summed E-state index contributed by atoms with van der Waals surface area (Å²) < 4.78 is 4.31. The van der Waals surface area contributed by atoms with Crippen molar-refractivity contribution in [1.29, 1.82) is 0 Å². The molecule has 1 heterocycles. The Kier molecular flexibility index (Phi) is 3.17. The third-order valence-corrected chi connectivity index (χ3v) is 2.26. The number of hydrogen-bond donors (Lipinski definition) is 0. The first-order valence-electron chi connectivity index (χ1n) is 5.15. The van der Waals surface area contributed by atoms with Crippen LogP contribution in [0.3, 0.4) is 0 Å². The molecule has 1 rings (SSSR count). The van der Waals surface area contributed by atoms with E-state index in [1.807, 2.05) is 0 Å². The van der Waals surface area contributed by atoms with Crippen LogP contribution in [0.5, 0.6) is 0 Å². The molecule has 1 saturated heterocycles. The maximum atomic E-state index is 12.0. The van der Waals surface area contributed by atoms with Crippen LogP contribution in [-0.2, 0) is 9.94 Å². The van der Waals surface area contributed by atoms with Gasteiger partial charge < -0.3 is 4.74 Å². The normalized spacial score (nSPS) is 21.7. The summed E-state index contributed by atoms with van der Waals surface area (Å²) in [5.41, 5.74) is -0.565. The van der Waals surface area contributed by atoms with Crippen molar-refractivity contribution < 1.29 is 19.4 Å². The Morgan fingerprint density at radius 1 is 1.14 bits per heavy atom. The minimum Gasteiger partial charge on any atom is -0.412 e. The van der Waals surface area contributed by atoms with E-state index in [1.165, 1.54) is 0 Å². The molecule has 0 N–H and O–H groups in total. The van der Waals surface area contributed by atoms with Gasteiger partial charge >= 0.3 is 6.09 Å². The van der Waals surface area contributed by atoms with Crippen LogP contribution in [0.1, 0.15) is 40.0 Å². The number of carbonyl (C=O) groups excluding carboxylic acids is 1. The highest BCUT2D eigenvalue weighted by Gasteiger charge is 2.43. The van der Waals surface area contributed by atoms with Crippen LogP contribution in [0.4, 0.5) is 4.79 Å². The Bertz CT molecular complexity index is 214. The van der Waals surface area contributed by atoms with Gasteiger partial charge in [0.25, 0.3) is 0 Å². The van der Waals surface area contributed by atoms with E-state index < -0.39 is 16.3 Å². The molecule has 0 aromatic rings. The fourth-order valence-electron chi connectivity index (χ4n) is 1.55. The van der Waals surface area contributed by atoms with Crippen LogP contribution in [0, 0.1) is 0 Å². The maximum Gasteiger partial charge on any atom is 0.552 e. The molecule has 4 heteroatoms. The number of amides is 1. The summed E-state index contributed by atoms with van der Waals surface area (Å²) in [4.78, 5) is 11.6. The average Bonchev–Trinajstić information content (AvgIpc) is 2.02. The smallest absolute Gasteiger partial charge is 0.412 e. The van der Waals surface area contributed by atoms with E-state index in [-0.39, 0.29) is 0 Å². The standard InChI is InChI=1S/C10H19NO3/c1-10(2,3)14-9(12)11(13)7-5-4-6-8-11/h4-8H2,1-3H3/q+1. The number of hydroxylamine groups is 3. The lowest BCUT2D eigenvalue weighted by Crippen LogP contribution is -2.53. The number of nitrogens with zero attached hydrogens (tertiary/aromatic N) is 1. The zero-order chi connectivity index (χ0) is 10.8. The van der Waals surface area contributed by atoms with E-state index in [4.69, 9.17) is 4.74 Å². The van der Waals surface area contributed by atoms with Crippen molar-refractivity contribution in [2.45, 2.75) is 45.6 Å². The molecule has 1 amide bonds. The third-order valence-electron chi connectivity index (χ3n) is 2.26. The number of likely N-dealkylation sites (tertiary alicyclic amines) is 1. The highest BCUT2D eigenvalue weighted by atomic mass is 16.7. The van der Waals surface area contributed by atoms with Gasteiger partial charge in [-0.3, -0.25) is 0 Å². The molecule has 0 aliphatic carbocycles. The van der Waals surface area contributed by atoms with E-state index in [9.17, 15) is 10.0 Å². The second-order valence-electron chi connectivity index (χ2n) is 4.88. The van der Waals surface area contributed by atoms with Crippen LogP contribution in [-0.4, -0.2) is 29.4 Å². The van der Waals surface area contributed by atoms with Gasteiger partial charge in [0.15, 0.2) is 0 Å². The summed E-state index contributed by atoms with van der Waals surface area (Å²) in [7, 11) is 0. The maximum absolute atomic E-state index is 12.0. The highest BCUT2D eigenvalue weighted by Crippen LogP contribution is 2.20. The number of quaternary nitrogens is 1. The Hall–Kier alpha value is -0.610. The number of hydrogen-bond acceptors (Lipinski definition) is 2. The lowest BCUT2D eigenvalue weighted by atomic mass is 10.1. The Labute approximate surface area is 85.0 Å². The molecule has 0 atom stereocenters. The van der Waals surface area contributed by atoms with Crippen LogP contribution in [0.25, 0.3) is 0 Å². The molecule has 0 bridgehead atoms. The van der Waals surface area contributed by atoms with Crippen LogP contribution >= 0.6 is 0 Å². The molecule has 14 heavy (non-hydrogen) atoms. The Morgan fingerprint density at radius 3 is 2.07 bits per heavy atom. The Balaban J connectivity index is 2.58. The van der Waals surface area contributed by atoms with Crippen molar-refractivity contribution in [2.24, 2.45) is 0 Å². The van der Waals surface area contributed by atoms with Gasteiger partial charge in [-0.05, 0) is 31.8 Å². The lowest BCUT2D eigenvalue weighted by Gasteiger charge is -2.29. The molecule has 0 aromatic carbocycles. The van der Waals surface area contributed by atoms with Gasteiger partial charge in [0, 0.05) is 18.0 Å². The minimum atomic E-state index is -0.794. The SMILES string of the molecule is CC(C)(C)OC(=O)[N+]1([O])CCCCC1. The van der Waals surface area contributed by atoms with E-state index in [0.717, 1.165) is 19.3 Å². The van der Waals surface area contributed by atoms with Crippen molar-refractivity contribution >= 4 is 6.09 Å². The lowest BCUT2D eigenvalue weighted by molar-refractivity contribution is -1.07. The largest absolute Gasteiger partial charge is 0.552 e. The van der Waals surface area contributed by atoms with E-state index in [1.54, 1.807) is 20.8 Å². The van der Waals surface area contributed by atoms with Gasteiger partial charge in [0.2, 0.25) is 0 Å². The first-order chi connectivity index (χ1) is 6.33. The van der Waals surface area contributed by atoms with Crippen LogP contribution in [0.2, 0.25) is 0 Å². The van der Waals surface area contributed by atoms with Crippen molar-refractivity contribution in [3.05, 3.63) is 0 Å². The molecule has 1 aliphatic heterocycles. The molecule has 0 saturated carbocycles. The van der Waals surface area contributed by atoms with Gasteiger partial charge in [-0.1, -0.05) is 0 Å². The summed E-state index contributed by atoms with van der Waals surface area (Å²) >= 11 is 0. The van der Waals surface area contributed by atoms with E-state index in [0.29, 0.717) is 13.1 Å². The molecule has 81 valence electrons. The molecule has 1 radical (unpaired) electrons. The van der Waals surface area contributed by atoms with E-state index in [2.05, 4.69) is 0 Å². The first kappa shape index (κ1) is 11.5. The summed E-state index contributed by atoms with van der Waals surface area (Å²) in [5.74, 6) is 0. The first-order valence-corrected chi connectivity index (χ1v) is 5.15. The fourth-order valence-corrected chi connectivity index (χ4v) is 1.55. The van der Waals surface area contributed by atoms with E-state index >= 15 is 0 Å². The molecule has 1 aliphatic rings. The zero-order valence-corrected chi connectivity index (χ0v) is 9.21. The molecule has 0 unspecified atom stereocenters. The van der Waals surface area contributed by atoms with Gasteiger partial charge in [-0.2, -0.15) is 4.79 Å². The van der Waals surface area contributed by atoms with Crippen LogP contribution in [0.15, 0.2) is 0 Å². The number of piperidine rings is 1. The monoisotopic (exact) mass is 201 g/mol. The van der Waals surface area contributed by atoms with Crippen molar-refractivity contribution in [1.82, 2.24) is 0 Å². The molecule has 1 fully saturated rings. The van der Waals surface area contributed by atoms with Crippen molar-refractivity contribution in [2.75, 3.05) is 13.1 Å². The summed E-state index contributed by atoms with van der Waals surface area (Å²) in [6.07, 6.45) is 2.06. The molecule has 0 spiro atoms. The number of carbonyl (C=O) groups is 1.